The SMILES string of the molecule is Cc1ccc(S(=O)(=O)SC2CCN(OC(=O)C(C)(C)C)CC2)cc1. The van der Waals surface area contributed by atoms with E-state index in [2.05, 4.69) is 0 Å². The van der Waals surface area contributed by atoms with Gasteiger partial charge < -0.3 is 4.84 Å². The van der Waals surface area contributed by atoms with Crippen LogP contribution in [0, 0.1) is 12.3 Å². The second-order valence-corrected chi connectivity index (χ2v) is 11.3. The van der Waals surface area contributed by atoms with Crippen molar-refractivity contribution < 1.29 is 18.0 Å². The van der Waals surface area contributed by atoms with Crippen LogP contribution in [0.4, 0.5) is 0 Å². The van der Waals surface area contributed by atoms with E-state index >= 15 is 0 Å². The predicted molar refractivity (Wildman–Crippen MR) is 96.1 cm³/mol. The smallest absolute Gasteiger partial charge is 0.330 e. The number of hydroxylamine groups is 2. The van der Waals surface area contributed by atoms with Crippen LogP contribution in [0.15, 0.2) is 29.2 Å². The Morgan fingerprint density at radius 3 is 2.21 bits per heavy atom. The summed E-state index contributed by atoms with van der Waals surface area (Å²) in [5.74, 6) is -0.263. The molecule has 0 bridgehead atoms. The standard InChI is InChI=1S/C17H25NO4S2/c1-13-5-7-15(8-6-13)24(20,21)23-14-9-11-18(12-10-14)22-16(19)17(2,3)4/h5-8,14H,9-12H2,1-4H3. The van der Waals surface area contributed by atoms with E-state index in [0.717, 1.165) is 16.4 Å². The van der Waals surface area contributed by atoms with Gasteiger partial charge in [-0.3, -0.25) is 0 Å². The molecule has 1 saturated heterocycles. The monoisotopic (exact) mass is 371 g/mol. The third-order valence-corrected chi connectivity index (χ3v) is 7.80. The molecule has 0 saturated carbocycles. The fourth-order valence-corrected chi connectivity index (χ4v) is 5.87. The van der Waals surface area contributed by atoms with Crippen LogP contribution in [0.5, 0.6) is 0 Å². The van der Waals surface area contributed by atoms with Gasteiger partial charge in [-0.2, -0.15) is 0 Å². The molecule has 0 aromatic heterocycles. The Labute approximate surface area is 148 Å². The lowest BCUT2D eigenvalue weighted by Gasteiger charge is -2.31. The molecule has 0 atom stereocenters. The van der Waals surface area contributed by atoms with E-state index in [1.807, 2.05) is 39.8 Å². The van der Waals surface area contributed by atoms with Gasteiger partial charge >= 0.3 is 5.97 Å². The average Bonchev–Trinajstić information content (AvgIpc) is 2.48. The normalized spacial score (nSPS) is 17.7. The van der Waals surface area contributed by atoms with Gasteiger partial charge in [0.25, 0.3) is 0 Å². The van der Waals surface area contributed by atoms with Gasteiger partial charge in [0.15, 0.2) is 0 Å². The number of benzene rings is 1. The molecule has 1 fully saturated rings. The minimum atomic E-state index is -3.35. The summed E-state index contributed by atoms with van der Waals surface area (Å²) in [6, 6.07) is 6.92. The topological polar surface area (TPSA) is 63.7 Å². The Morgan fingerprint density at radius 2 is 1.71 bits per heavy atom. The number of hydrogen-bond donors (Lipinski definition) is 0. The number of piperidine rings is 1. The van der Waals surface area contributed by atoms with Gasteiger partial charge in [-0.1, -0.05) is 17.7 Å². The van der Waals surface area contributed by atoms with Gasteiger partial charge in [0, 0.05) is 18.3 Å². The van der Waals surface area contributed by atoms with E-state index in [-0.39, 0.29) is 11.2 Å². The molecule has 0 N–H and O–H groups in total. The van der Waals surface area contributed by atoms with E-state index in [9.17, 15) is 13.2 Å². The highest BCUT2D eigenvalue weighted by molar-refractivity contribution is 8.72. The molecule has 0 aliphatic carbocycles. The third kappa shape index (κ3) is 5.22. The Kier molecular flexibility index (Phi) is 5.99. The molecule has 0 unspecified atom stereocenters. The summed E-state index contributed by atoms with van der Waals surface area (Å²) in [6.45, 7) is 8.48. The van der Waals surface area contributed by atoms with Crippen molar-refractivity contribution in [3.05, 3.63) is 29.8 Å². The van der Waals surface area contributed by atoms with Crippen LogP contribution in [0.25, 0.3) is 0 Å². The highest BCUT2D eigenvalue weighted by Gasteiger charge is 2.30. The maximum atomic E-state index is 12.5. The third-order valence-electron chi connectivity index (χ3n) is 3.80. The first kappa shape index (κ1) is 19.3. The summed E-state index contributed by atoms with van der Waals surface area (Å²) >= 11 is 0. The first-order chi connectivity index (χ1) is 11.1. The lowest BCUT2D eigenvalue weighted by atomic mass is 9.98. The second kappa shape index (κ2) is 7.45. The molecule has 24 heavy (non-hydrogen) atoms. The Hall–Kier alpha value is -1.05. The number of rotatable bonds is 4. The molecule has 0 amide bonds. The van der Waals surface area contributed by atoms with Crippen molar-refractivity contribution in [1.82, 2.24) is 5.06 Å². The van der Waals surface area contributed by atoms with Crippen LogP contribution >= 0.6 is 10.8 Å². The molecule has 0 spiro atoms. The van der Waals surface area contributed by atoms with Crippen molar-refractivity contribution in [2.45, 2.75) is 50.7 Å². The molecule has 1 heterocycles. The molecular weight excluding hydrogens is 346 g/mol. The minimum absolute atomic E-state index is 0.0147. The maximum Gasteiger partial charge on any atom is 0.330 e. The summed E-state index contributed by atoms with van der Waals surface area (Å²) < 4.78 is 24.9. The van der Waals surface area contributed by atoms with E-state index in [1.54, 1.807) is 17.2 Å². The first-order valence-corrected chi connectivity index (χ1v) is 10.9. The van der Waals surface area contributed by atoms with Crippen molar-refractivity contribution in [2.24, 2.45) is 5.41 Å². The predicted octanol–water partition coefficient (Wildman–Crippen LogP) is 3.39. The van der Waals surface area contributed by atoms with Crippen molar-refractivity contribution in [3.63, 3.8) is 0 Å². The van der Waals surface area contributed by atoms with Gasteiger partial charge in [-0.25, -0.2) is 13.2 Å². The molecule has 134 valence electrons. The van der Waals surface area contributed by atoms with Crippen LogP contribution in [0.2, 0.25) is 0 Å². The van der Waals surface area contributed by atoms with Crippen LogP contribution in [-0.2, 0) is 18.5 Å². The molecule has 2 rings (SSSR count). The van der Waals surface area contributed by atoms with Gasteiger partial charge in [0.2, 0.25) is 8.87 Å². The van der Waals surface area contributed by atoms with Crippen molar-refractivity contribution in [1.29, 1.82) is 0 Å². The Balaban J connectivity index is 1.89. The van der Waals surface area contributed by atoms with E-state index in [1.165, 1.54) is 0 Å². The zero-order chi connectivity index (χ0) is 18.0. The summed E-state index contributed by atoms with van der Waals surface area (Å²) in [4.78, 5) is 17.6. The van der Waals surface area contributed by atoms with Crippen molar-refractivity contribution in [2.75, 3.05) is 13.1 Å². The largest absolute Gasteiger partial charge is 0.367 e. The van der Waals surface area contributed by atoms with Crippen LogP contribution in [0.1, 0.15) is 39.2 Å². The van der Waals surface area contributed by atoms with Crippen LogP contribution in [-0.4, -0.2) is 37.8 Å². The first-order valence-electron chi connectivity index (χ1n) is 8.05. The lowest BCUT2D eigenvalue weighted by molar-refractivity contribution is -0.203. The van der Waals surface area contributed by atoms with Gasteiger partial charge in [0.1, 0.15) is 0 Å². The minimum Gasteiger partial charge on any atom is -0.367 e. The van der Waals surface area contributed by atoms with Crippen LogP contribution in [0.3, 0.4) is 0 Å². The summed E-state index contributed by atoms with van der Waals surface area (Å²) in [7, 11) is -2.34. The van der Waals surface area contributed by atoms with Crippen molar-refractivity contribution in [3.8, 4) is 0 Å². The molecule has 1 aromatic rings. The summed E-state index contributed by atoms with van der Waals surface area (Å²) in [5, 5.41) is 1.66. The molecule has 5 nitrogen and oxygen atoms in total. The van der Waals surface area contributed by atoms with E-state index < -0.39 is 14.3 Å². The van der Waals surface area contributed by atoms with E-state index in [4.69, 9.17) is 4.84 Å². The molecule has 1 aliphatic heterocycles. The zero-order valence-corrected chi connectivity index (χ0v) is 16.2. The highest BCUT2D eigenvalue weighted by Crippen LogP contribution is 2.33. The zero-order valence-electron chi connectivity index (χ0n) is 14.6. The van der Waals surface area contributed by atoms with Crippen LogP contribution < -0.4 is 0 Å². The maximum absolute atomic E-state index is 12.5. The van der Waals surface area contributed by atoms with Gasteiger partial charge in [-0.05, 0) is 63.5 Å². The highest BCUT2D eigenvalue weighted by atomic mass is 33.1. The number of carbonyl (C=O) groups excluding carboxylic acids is 1. The number of hydrogen-bond acceptors (Lipinski definition) is 6. The average molecular weight is 372 g/mol. The van der Waals surface area contributed by atoms with Gasteiger partial charge in [-0.15, -0.1) is 5.06 Å². The summed E-state index contributed by atoms with van der Waals surface area (Å²) in [6.07, 6.45) is 1.35. The van der Waals surface area contributed by atoms with Crippen molar-refractivity contribution >= 4 is 25.6 Å². The lowest BCUT2D eigenvalue weighted by Crippen LogP contribution is -2.39. The molecular formula is C17H25NO4S2. The number of nitrogens with zero attached hydrogens (tertiary/aromatic N) is 1. The number of aryl methyl sites for hydroxylation is 1. The Morgan fingerprint density at radius 1 is 1.17 bits per heavy atom. The fraction of sp³-hybridized carbons (Fsp3) is 0.588. The molecule has 0 radical (unpaired) electrons. The second-order valence-electron chi connectivity index (χ2n) is 7.12. The quantitative estimate of drug-likeness (QED) is 0.756. The molecule has 7 heteroatoms. The Bertz CT molecular complexity index is 670. The molecule has 1 aliphatic rings. The fourth-order valence-electron chi connectivity index (χ4n) is 2.21. The summed E-state index contributed by atoms with van der Waals surface area (Å²) in [5.41, 5.74) is 0.494. The van der Waals surface area contributed by atoms with E-state index in [0.29, 0.717) is 30.8 Å². The van der Waals surface area contributed by atoms with Gasteiger partial charge in [0.05, 0.1) is 10.3 Å². The molecule has 1 aromatic carbocycles. The number of carbonyl (C=O) groups is 1.